The zero-order chi connectivity index (χ0) is 19.9. The molecule has 0 aromatic heterocycles. The van der Waals surface area contributed by atoms with Gasteiger partial charge in [0.05, 0.1) is 33.7 Å². The molecule has 1 aliphatic heterocycles. The number of ketones is 1. The second-order valence-electron chi connectivity index (χ2n) is 8.26. The summed E-state index contributed by atoms with van der Waals surface area (Å²) in [5, 5.41) is 40.6. The standard InChI is InChI=1S/C17H28N2O7/c1-19(2,3)9-5-4-6-10(18)11(20)13(22)16(25)7-8-17(16)14(23)12(21)15(24)26-17/h10,13,22,25H,4-9,18H2,1-3H3,(H-,21,23,24)/p+1/t10-,13?,16-,17-/m0/s1. The number of Topliss-reactive ketones (excluding diaryl/α,β-unsaturated/α-hetero) is 1. The lowest BCUT2D eigenvalue weighted by Crippen LogP contribution is -2.72. The molecule has 1 saturated carbocycles. The van der Waals surface area contributed by atoms with Gasteiger partial charge in [-0.1, -0.05) is 0 Å². The van der Waals surface area contributed by atoms with Crippen molar-refractivity contribution in [3.8, 4) is 0 Å². The molecule has 6 N–H and O–H groups in total. The molecule has 0 aromatic rings. The quantitative estimate of drug-likeness (QED) is 0.212. The van der Waals surface area contributed by atoms with Gasteiger partial charge in [-0.3, -0.25) is 4.79 Å². The van der Waals surface area contributed by atoms with Crippen LogP contribution in [0.5, 0.6) is 0 Å². The van der Waals surface area contributed by atoms with E-state index in [0.29, 0.717) is 12.8 Å². The van der Waals surface area contributed by atoms with Gasteiger partial charge in [0.1, 0.15) is 11.7 Å². The average Bonchev–Trinajstić information content (AvgIpc) is 2.80. The monoisotopic (exact) mass is 373 g/mol. The number of carbonyl (C=O) groups excluding carboxylic acids is 2. The van der Waals surface area contributed by atoms with Crippen LogP contribution < -0.4 is 5.73 Å². The molecule has 0 aromatic carbocycles. The van der Waals surface area contributed by atoms with Gasteiger partial charge in [0.15, 0.2) is 11.5 Å². The number of aliphatic hydroxyl groups is 4. The number of hydrogen-bond donors (Lipinski definition) is 5. The Kier molecular flexibility index (Phi) is 5.40. The number of esters is 1. The largest absolute Gasteiger partial charge is 0.505 e. The van der Waals surface area contributed by atoms with E-state index < -0.39 is 46.6 Å². The van der Waals surface area contributed by atoms with Crippen LogP contribution in [0.2, 0.25) is 0 Å². The van der Waals surface area contributed by atoms with Gasteiger partial charge in [-0.15, -0.1) is 0 Å². The zero-order valence-corrected chi connectivity index (χ0v) is 15.4. The molecule has 1 unspecified atom stereocenters. The maximum absolute atomic E-state index is 12.4. The minimum absolute atomic E-state index is 0.0196. The first-order valence-corrected chi connectivity index (χ1v) is 8.72. The molecule has 0 saturated heterocycles. The Morgan fingerprint density at radius 2 is 1.88 bits per heavy atom. The van der Waals surface area contributed by atoms with Crippen molar-refractivity contribution in [2.45, 2.75) is 55.5 Å². The molecule has 4 atom stereocenters. The summed E-state index contributed by atoms with van der Waals surface area (Å²) in [4.78, 5) is 23.9. The molecule has 2 rings (SSSR count). The summed E-state index contributed by atoms with van der Waals surface area (Å²) in [6.07, 6.45) is -0.173. The fourth-order valence-corrected chi connectivity index (χ4v) is 3.50. The zero-order valence-electron chi connectivity index (χ0n) is 15.4. The van der Waals surface area contributed by atoms with Gasteiger partial charge < -0.3 is 35.4 Å². The van der Waals surface area contributed by atoms with Crippen LogP contribution >= 0.6 is 0 Å². The number of carbonyl (C=O) groups is 2. The average molecular weight is 373 g/mol. The number of ether oxygens (including phenoxy) is 1. The summed E-state index contributed by atoms with van der Waals surface area (Å²) < 4.78 is 5.68. The summed E-state index contributed by atoms with van der Waals surface area (Å²) >= 11 is 0. The van der Waals surface area contributed by atoms with E-state index in [1.54, 1.807) is 0 Å². The highest BCUT2D eigenvalue weighted by atomic mass is 16.6. The first-order chi connectivity index (χ1) is 11.9. The Bertz CT molecular complexity index is 627. The van der Waals surface area contributed by atoms with E-state index in [-0.39, 0.29) is 12.8 Å². The van der Waals surface area contributed by atoms with Gasteiger partial charge in [0.2, 0.25) is 11.4 Å². The Hall–Kier alpha value is -1.68. The first kappa shape index (κ1) is 20.6. The lowest BCUT2D eigenvalue weighted by molar-refractivity contribution is -0.870. The van der Waals surface area contributed by atoms with Crippen LogP contribution in [0, 0.1) is 0 Å². The Labute approximate surface area is 152 Å². The third-order valence-electron chi connectivity index (χ3n) is 5.31. The van der Waals surface area contributed by atoms with Crippen molar-refractivity contribution in [2.24, 2.45) is 5.73 Å². The first-order valence-electron chi connectivity index (χ1n) is 8.72. The van der Waals surface area contributed by atoms with Gasteiger partial charge in [-0.25, -0.2) is 4.79 Å². The van der Waals surface area contributed by atoms with Crippen LogP contribution in [0.1, 0.15) is 32.1 Å². The number of rotatable bonds is 8. The van der Waals surface area contributed by atoms with Crippen molar-refractivity contribution in [1.29, 1.82) is 0 Å². The third-order valence-corrected chi connectivity index (χ3v) is 5.31. The molecule has 9 nitrogen and oxygen atoms in total. The predicted octanol–water partition coefficient (Wildman–Crippen LogP) is -0.732. The molecule has 0 bridgehead atoms. The number of nitrogens with two attached hydrogens (primary N) is 1. The van der Waals surface area contributed by atoms with Crippen LogP contribution in [0.3, 0.4) is 0 Å². The number of hydrogen-bond acceptors (Lipinski definition) is 8. The molecule has 2 aliphatic rings. The topological polar surface area (TPSA) is 150 Å². The molecule has 1 spiro atoms. The van der Waals surface area contributed by atoms with Crippen LogP contribution in [0.4, 0.5) is 0 Å². The second-order valence-corrected chi connectivity index (χ2v) is 8.26. The number of aliphatic hydroxyl groups excluding tert-OH is 3. The van der Waals surface area contributed by atoms with Gasteiger partial charge in [-0.2, -0.15) is 0 Å². The van der Waals surface area contributed by atoms with Gasteiger partial charge in [-0.05, 0) is 25.7 Å². The lowest BCUT2D eigenvalue weighted by atomic mass is 9.60. The van der Waals surface area contributed by atoms with Crippen LogP contribution in [-0.2, 0) is 14.3 Å². The van der Waals surface area contributed by atoms with Crippen molar-refractivity contribution in [3.63, 3.8) is 0 Å². The molecule has 26 heavy (non-hydrogen) atoms. The van der Waals surface area contributed by atoms with Crippen molar-refractivity contribution in [2.75, 3.05) is 27.7 Å². The maximum atomic E-state index is 12.4. The van der Waals surface area contributed by atoms with Gasteiger partial charge >= 0.3 is 5.97 Å². The van der Waals surface area contributed by atoms with Crippen LogP contribution in [-0.4, -0.2) is 87.7 Å². The number of nitrogens with zero attached hydrogens (tertiary/aromatic N) is 1. The molecular weight excluding hydrogens is 344 g/mol. The molecule has 0 amide bonds. The van der Waals surface area contributed by atoms with E-state index in [1.807, 2.05) is 0 Å². The minimum Gasteiger partial charge on any atom is -0.505 e. The number of unbranched alkanes of at least 4 members (excludes halogenated alkanes) is 1. The van der Waals surface area contributed by atoms with Gasteiger partial charge in [0.25, 0.3) is 0 Å². The highest BCUT2D eigenvalue weighted by Crippen LogP contribution is 2.54. The highest BCUT2D eigenvalue weighted by molar-refractivity contribution is 5.92. The molecule has 1 aliphatic carbocycles. The van der Waals surface area contributed by atoms with E-state index in [2.05, 4.69) is 21.1 Å². The molecule has 0 radical (unpaired) electrons. The molecule has 1 fully saturated rings. The lowest BCUT2D eigenvalue weighted by Gasteiger charge is -2.53. The van der Waals surface area contributed by atoms with E-state index in [0.717, 1.165) is 17.4 Å². The van der Waals surface area contributed by atoms with Crippen LogP contribution in [0.25, 0.3) is 0 Å². The molecular formula is C17H29N2O7+. The van der Waals surface area contributed by atoms with Crippen LogP contribution in [0.15, 0.2) is 11.5 Å². The van der Waals surface area contributed by atoms with E-state index in [1.165, 1.54) is 0 Å². The summed E-state index contributed by atoms with van der Waals surface area (Å²) in [5.41, 5.74) is 1.65. The molecule has 148 valence electrons. The number of quaternary nitrogens is 1. The smallest absolute Gasteiger partial charge is 0.378 e. The predicted molar refractivity (Wildman–Crippen MR) is 91.0 cm³/mol. The summed E-state index contributed by atoms with van der Waals surface area (Å²) in [6.45, 7) is 0.907. The molecule has 1 heterocycles. The Balaban J connectivity index is 2.00. The normalized spacial score (nSPS) is 30.9. The van der Waals surface area contributed by atoms with E-state index >= 15 is 0 Å². The Morgan fingerprint density at radius 1 is 1.27 bits per heavy atom. The molecule has 9 heteroatoms. The minimum atomic E-state index is -2.21. The van der Waals surface area contributed by atoms with E-state index in [4.69, 9.17) is 10.5 Å². The summed E-state index contributed by atoms with van der Waals surface area (Å²) in [7, 11) is 6.16. The van der Waals surface area contributed by atoms with Crippen molar-refractivity contribution in [1.82, 2.24) is 0 Å². The summed E-state index contributed by atoms with van der Waals surface area (Å²) in [5.74, 6) is -3.87. The Morgan fingerprint density at radius 3 is 2.31 bits per heavy atom. The van der Waals surface area contributed by atoms with E-state index in [9.17, 15) is 30.0 Å². The second kappa shape index (κ2) is 6.80. The fourth-order valence-electron chi connectivity index (χ4n) is 3.50. The summed E-state index contributed by atoms with van der Waals surface area (Å²) in [6, 6.07) is -0.990. The van der Waals surface area contributed by atoms with Gasteiger partial charge in [0, 0.05) is 6.42 Å². The maximum Gasteiger partial charge on any atom is 0.378 e. The van der Waals surface area contributed by atoms with Crippen molar-refractivity contribution in [3.05, 3.63) is 11.5 Å². The third kappa shape index (κ3) is 3.32. The highest BCUT2D eigenvalue weighted by Gasteiger charge is 2.72. The SMILES string of the molecule is C[N+](C)(C)CCCC[C@H](N)C(=O)C(O)[C@@]1(O)CC[C@@]12OC(=O)C(O)=C2O. The van der Waals surface area contributed by atoms with Crippen molar-refractivity contribution >= 4 is 11.8 Å². The fraction of sp³-hybridized carbons (Fsp3) is 0.765. The van der Waals surface area contributed by atoms with Crippen molar-refractivity contribution < 1.29 is 39.2 Å².